The van der Waals surface area contributed by atoms with Crippen molar-refractivity contribution in [2.45, 2.75) is 39.2 Å². The van der Waals surface area contributed by atoms with Crippen LogP contribution in [0.3, 0.4) is 0 Å². The van der Waals surface area contributed by atoms with Gasteiger partial charge >= 0.3 is 5.97 Å². The molecule has 3 N–H and O–H groups in total. The summed E-state index contributed by atoms with van der Waals surface area (Å²) >= 11 is 0. The lowest BCUT2D eigenvalue weighted by molar-refractivity contribution is 0.0583. The molecule has 3 aromatic rings. The van der Waals surface area contributed by atoms with Crippen molar-refractivity contribution in [2.24, 2.45) is 5.92 Å². The van der Waals surface area contributed by atoms with Crippen molar-refractivity contribution in [2.75, 3.05) is 6.61 Å². The van der Waals surface area contributed by atoms with Gasteiger partial charge in [0.2, 0.25) is 0 Å². The first kappa shape index (κ1) is 29.1. The first-order valence-electron chi connectivity index (χ1n) is 11.3. The van der Waals surface area contributed by atoms with E-state index in [1.807, 2.05) is 74.5 Å². The lowest BCUT2D eigenvalue weighted by Crippen LogP contribution is -2.22. The van der Waals surface area contributed by atoms with Crippen molar-refractivity contribution in [3.8, 4) is 11.5 Å². The molecule has 0 aliphatic carbocycles. The van der Waals surface area contributed by atoms with E-state index in [0.29, 0.717) is 5.56 Å². The van der Waals surface area contributed by atoms with Crippen LogP contribution in [0.5, 0.6) is 11.5 Å². The summed E-state index contributed by atoms with van der Waals surface area (Å²) in [5, 5.41) is 26.5. The number of para-hydroxylation sites is 2. The lowest BCUT2D eigenvalue weighted by Gasteiger charge is -2.17. The Morgan fingerprint density at radius 3 is 1.59 bits per heavy atom. The molecule has 0 aliphatic heterocycles. The van der Waals surface area contributed by atoms with Gasteiger partial charge in [-0.05, 0) is 49.2 Å². The number of carboxylic acids is 1. The standard InChI is InChI=1S/C12H11O2P.C8H18O2.C7H6O2/c1-3-7-11(8-4-1)13-15-14-12-9-5-2-6-10-12;1-3-5-8(10)7(4-2)6-9;8-7(9)6-4-2-1-3-5-6/h1-10,15H;7-10H,3-6H2,1-2H3;1-5H,(H,8,9). The molecule has 7 heteroatoms. The van der Waals surface area contributed by atoms with E-state index in [4.69, 9.17) is 19.3 Å². The van der Waals surface area contributed by atoms with E-state index in [1.54, 1.807) is 30.3 Å². The zero-order valence-corrected chi connectivity index (χ0v) is 20.7. The van der Waals surface area contributed by atoms with Crippen LogP contribution in [0.25, 0.3) is 0 Å². The normalized spacial score (nSPS) is 11.5. The Labute approximate surface area is 204 Å². The molecule has 0 heterocycles. The molecule has 0 amide bonds. The molecule has 2 atom stereocenters. The molecule has 34 heavy (non-hydrogen) atoms. The van der Waals surface area contributed by atoms with Gasteiger partial charge in [0.15, 0.2) is 0 Å². The van der Waals surface area contributed by atoms with Gasteiger partial charge < -0.3 is 24.4 Å². The summed E-state index contributed by atoms with van der Waals surface area (Å²) in [6.07, 6.45) is 2.34. The molecule has 3 rings (SSSR count). The number of aliphatic hydroxyl groups is 2. The van der Waals surface area contributed by atoms with Crippen LogP contribution in [0.2, 0.25) is 0 Å². The van der Waals surface area contributed by atoms with Gasteiger partial charge in [-0.2, -0.15) is 0 Å². The van der Waals surface area contributed by atoms with Gasteiger partial charge in [0.1, 0.15) is 11.5 Å². The first-order valence-corrected chi connectivity index (χ1v) is 12.1. The van der Waals surface area contributed by atoms with Gasteiger partial charge in [-0.15, -0.1) is 0 Å². The summed E-state index contributed by atoms with van der Waals surface area (Å²) in [4.78, 5) is 10.2. The summed E-state index contributed by atoms with van der Waals surface area (Å²) in [6.45, 7) is 4.13. The van der Waals surface area contributed by atoms with E-state index in [-0.39, 0.29) is 27.7 Å². The molecule has 0 aromatic heterocycles. The number of benzene rings is 3. The second-order valence-corrected chi connectivity index (χ2v) is 7.87. The van der Waals surface area contributed by atoms with E-state index in [1.165, 1.54) is 0 Å². The van der Waals surface area contributed by atoms with Crippen molar-refractivity contribution in [3.05, 3.63) is 96.6 Å². The molecule has 0 aliphatic rings. The summed E-state index contributed by atoms with van der Waals surface area (Å²) < 4.78 is 10.8. The van der Waals surface area contributed by atoms with Crippen LogP contribution in [-0.4, -0.2) is 34.0 Å². The molecule has 0 radical (unpaired) electrons. The number of rotatable bonds is 10. The summed E-state index contributed by atoms with van der Waals surface area (Å²) in [7, 11) is -0.0129. The minimum atomic E-state index is -0.879. The fourth-order valence-corrected chi connectivity index (χ4v) is 3.24. The van der Waals surface area contributed by atoms with E-state index in [2.05, 4.69) is 0 Å². The molecule has 184 valence electrons. The third-order valence-corrected chi connectivity index (χ3v) is 5.35. The van der Waals surface area contributed by atoms with E-state index in [9.17, 15) is 9.90 Å². The van der Waals surface area contributed by atoms with Crippen molar-refractivity contribution in [3.63, 3.8) is 0 Å². The maximum absolute atomic E-state index is 10.2. The predicted molar refractivity (Wildman–Crippen MR) is 138 cm³/mol. The molecule has 2 unspecified atom stereocenters. The van der Waals surface area contributed by atoms with Gasteiger partial charge in [-0.3, -0.25) is 0 Å². The third kappa shape index (κ3) is 12.9. The highest BCUT2D eigenvalue weighted by Gasteiger charge is 2.14. The maximum atomic E-state index is 10.2. The van der Waals surface area contributed by atoms with Crippen LogP contribution >= 0.6 is 9.03 Å². The Hall–Kier alpha value is -2.92. The Morgan fingerprint density at radius 1 is 0.824 bits per heavy atom. The minimum Gasteiger partial charge on any atom is -0.478 e. The van der Waals surface area contributed by atoms with Crippen molar-refractivity contribution in [1.82, 2.24) is 0 Å². The van der Waals surface area contributed by atoms with Crippen LogP contribution in [0, 0.1) is 5.92 Å². The first-order chi connectivity index (χ1) is 16.5. The molecule has 3 aromatic carbocycles. The molecule has 0 saturated carbocycles. The summed E-state index contributed by atoms with van der Waals surface area (Å²) in [6, 6.07) is 27.5. The monoisotopic (exact) mass is 486 g/mol. The molecule has 6 nitrogen and oxygen atoms in total. The van der Waals surface area contributed by atoms with Crippen LogP contribution < -0.4 is 9.05 Å². The van der Waals surface area contributed by atoms with Crippen molar-refractivity contribution in [1.29, 1.82) is 0 Å². The topological polar surface area (TPSA) is 96.2 Å². The highest BCUT2D eigenvalue weighted by Crippen LogP contribution is 2.24. The smallest absolute Gasteiger partial charge is 0.335 e. The third-order valence-electron chi connectivity index (χ3n) is 4.71. The van der Waals surface area contributed by atoms with Gasteiger partial charge in [0.25, 0.3) is 9.03 Å². The number of carbonyl (C=O) groups is 1. The number of aromatic carboxylic acids is 1. The number of hydrogen-bond donors (Lipinski definition) is 3. The number of aliphatic hydroxyl groups excluding tert-OH is 2. The second-order valence-electron chi connectivity index (χ2n) is 7.29. The van der Waals surface area contributed by atoms with E-state index >= 15 is 0 Å². The summed E-state index contributed by atoms with van der Waals surface area (Å²) in [5.74, 6) is 0.856. The molecule has 0 bridgehead atoms. The Kier molecular flexibility index (Phi) is 15.8. The van der Waals surface area contributed by atoms with Gasteiger partial charge in [-0.1, -0.05) is 74.9 Å². The Balaban J connectivity index is 0.000000268. The van der Waals surface area contributed by atoms with E-state index < -0.39 is 5.97 Å². The second kappa shape index (κ2) is 18.5. The molecular weight excluding hydrogens is 451 g/mol. The fraction of sp³-hybridized carbons (Fsp3) is 0.296. The van der Waals surface area contributed by atoms with Gasteiger partial charge in [0.05, 0.1) is 11.7 Å². The SMILES string of the molecule is CCCC(O)C(CC)CO.O=C(O)c1ccccc1.c1ccc(OPOc2ccccc2)cc1. The average molecular weight is 487 g/mol. The molecule has 0 spiro atoms. The zero-order valence-electron chi connectivity index (χ0n) is 19.7. The highest BCUT2D eigenvalue weighted by atomic mass is 31.1. The van der Waals surface area contributed by atoms with Crippen LogP contribution in [-0.2, 0) is 0 Å². The highest BCUT2D eigenvalue weighted by molar-refractivity contribution is 7.27. The fourth-order valence-electron chi connectivity index (χ4n) is 2.73. The average Bonchev–Trinajstić information content (AvgIpc) is 2.88. The quantitative estimate of drug-likeness (QED) is 0.295. The largest absolute Gasteiger partial charge is 0.478 e. The lowest BCUT2D eigenvalue weighted by atomic mass is 9.97. The molecular formula is C27H35O6P. The van der Waals surface area contributed by atoms with E-state index in [0.717, 1.165) is 30.8 Å². The summed E-state index contributed by atoms with van der Waals surface area (Å²) in [5.41, 5.74) is 0.331. The zero-order chi connectivity index (χ0) is 25.0. The predicted octanol–water partition coefficient (Wildman–Crippen LogP) is 6.20. The van der Waals surface area contributed by atoms with Crippen molar-refractivity contribution < 1.29 is 29.2 Å². The van der Waals surface area contributed by atoms with Crippen LogP contribution in [0.4, 0.5) is 0 Å². The minimum absolute atomic E-state index is 0.0129. The van der Waals surface area contributed by atoms with Gasteiger partial charge in [0, 0.05) is 12.5 Å². The Morgan fingerprint density at radius 2 is 1.26 bits per heavy atom. The van der Waals surface area contributed by atoms with Crippen molar-refractivity contribution >= 4 is 15.0 Å². The maximum Gasteiger partial charge on any atom is 0.335 e. The number of carboxylic acid groups (broad SMARTS) is 1. The van der Waals surface area contributed by atoms with Gasteiger partial charge in [-0.25, -0.2) is 4.79 Å². The van der Waals surface area contributed by atoms with Crippen LogP contribution in [0.15, 0.2) is 91.0 Å². The molecule has 0 saturated heterocycles. The van der Waals surface area contributed by atoms with Crippen LogP contribution in [0.1, 0.15) is 43.5 Å². The number of hydrogen-bond acceptors (Lipinski definition) is 5. The molecule has 0 fully saturated rings. The Bertz CT molecular complexity index is 834.